The number of aromatic nitrogens is 2. The van der Waals surface area contributed by atoms with Crippen LogP contribution in [-0.2, 0) is 0 Å². The highest BCUT2D eigenvalue weighted by atomic mass is 19.1. The van der Waals surface area contributed by atoms with Crippen molar-refractivity contribution in [3.8, 4) is 0 Å². The molecule has 27 heavy (non-hydrogen) atoms. The molecule has 4 rings (SSSR count). The summed E-state index contributed by atoms with van der Waals surface area (Å²) in [6, 6.07) is 7.12. The molecule has 0 bridgehead atoms. The average Bonchev–Trinajstić information content (AvgIpc) is 2.98. The molecule has 3 heterocycles. The minimum atomic E-state index is -0.226. The summed E-state index contributed by atoms with van der Waals surface area (Å²) in [4.78, 5) is 25.9. The van der Waals surface area contributed by atoms with Gasteiger partial charge in [0, 0.05) is 37.4 Å². The van der Waals surface area contributed by atoms with Gasteiger partial charge >= 0.3 is 0 Å². The summed E-state index contributed by atoms with van der Waals surface area (Å²) in [7, 11) is 2.11. The van der Waals surface area contributed by atoms with Crippen LogP contribution in [0.4, 0.5) is 4.39 Å². The summed E-state index contributed by atoms with van der Waals surface area (Å²) in [6.07, 6.45) is 8.98. The summed E-state index contributed by atoms with van der Waals surface area (Å²) < 4.78 is 13.9. The van der Waals surface area contributed by atoms with Crippen molar-refractivity contribution in [3.05, 3.63) is 59.9 Å². The third kappa shape index (κ3) is 3.58. The van der Waals surface area contributed by atoms with Crippen LogP contribution in [0, 0.1) is 5.82 Å². The second-order valence-corrected chi connectivity index (χ2v) is 7.60. The maximum atomic E-state index is 13.9. The van der Waals surface area contributed by atoms with Crippen molar-refractivity contribution >= 4 is 5.91 Å². The molecule has 0 radical (unpaired) electrons. The zero-order valence-corrected chi connectivity index (χ0v) is 15.6. The normalized spacial score (nSPS) is 26.3. The third-order valence-corrected chi connectivity index (χ3v) is 5.94. The van der Waals surface area contributed by atoms with Crippen LogP contribution in [-0.4, -0.2) is 57.9 Å². The largest absolute Gasteiger partial charge is 0.332 e. The molecule has 2 saturated heterocycles. The van der Waals surface area contributed by atoms with Gasteiger partial charge < -0.3 is 9.80 Å². The van der Waals surface area contributed by atoms with Gasteiger partial charge in [-0.15, -0.1) is 0 Å². The van der Waals surface area contributed by atoms with Crippen molar-refractivity contribution in [1.29, 1.82) is 0 Å². The Bertz CT molecular complexity index is 800. The van der Waals surface area contributed by atoms with Crippen molar-refractivity contribution in [2.45, 2.75) is 43.7 Å². The van der Waals surface area contributed by atoms with Crippen LogP contribution in [0.15, 0.2) is 42.9 Å². The number of likely N-dealkylation sites (N-methyl/N-ethyl adjacent to an activating group) is 1. The highest BCUT2D eigenvalue weighted by molar-refractivity contribution is 5.92. The van der Waals surface area contributed by atoms with Crippen LogP contribution in [0.2, 0.25) is 0 Å². The number of amides is 1. The van der Waals surface area contributed by atoms with Gasteiger partial charge in [-0.1, -0.05) is 25.0 Å². The molecule has 0 spiro atoms. The van der Waals surface area contributed by atoms with Gasteiger partial charge in [0.2, 0.25) is 0 Å². The van der Waals surface area contributed by atoms with Crippen molar-refractivity contribution in [2.24, 2.45) is 0 Å². The number of nitrogens with zero attached hydrogens (tertiary/aromatic N) is 4. The Labute approximate surface area is 159 Å². The molecule has 2 aliphatic rings. The standard InChI is InChI=1S/C21H25FN4O/c1-25-14-17(15-6-5-7-16(22)12-15)20-19(25)8-3-2-4-11-26(20)21(27)18-13-23-9-10-24-18/h5-7,9-10,12-13,17,19-20H,2-4,8,11,14H2,1H3/t17-,19+,20-/m0/s1. The molecular formula is C21H25FN4O. The Morgan fingerprint density at radius 2 is 2.11 bits per heavy atom. The van der Waals surface area contributed by atoms with E-state index in [0.29, 0.717) is 12.2 Å². The average molecular weight is 368 g/mol. The minimum absolute atomic E-state index is 0.0200. The first kappa shape index (κ1) is 18.0. The van der Waals surface area contributed by atoms with Gasteiger partial charge in [0.05, 0.1) is 12.2 Å². The molecule has 0 aliphatic carbocycles. The van der Waals surface area contributed by atoms with E-state index in [4.69, 9.17) is 0 Å². The fourth-order valence-corrected chi connectivity index (χ4v) is 4.69. The smallest absolute Gasteiger partial charge is 0.274 e. The van der Waals surface area contributed by atoms with E-state index in [-0.39, 0.29) is 29.7 Å². The number of hydrogen-bond acceptors (Lipinski definition) is 4. The maximum Gasteiger partial charge on any atom is 0.274 e. The molecule has 1 aromatic carbocycles. The zero-order chi connectivity index (χ0) is 18.8. The maximum absolute atomic E-state index is 13.9. The van der Waals surface area contributed by atoms with Crippen LogP contribution in [0.25, 0.3) is 0 Å². The summed E-state index contributed by atoms with van der Waals surface area (Å²) >= 11 is 0. The zero-order valence-electron chi connectivity index (χ0n) is 15.6. The Balaban J connectivity index is 1.73. The molecule has 1 amide bonds. The van der Waals surface area contributed by atoms with Gasteiger partial charge in [0.15, 0.2) is 0 Å². The van der Waals surface area contributed by atoms with E-state index in [1.165, 1.54) is 12.3 Å². The van der Waals surface area contributed by atoms with Crippen molar-refractivity contribution in [2.75, 3.05) is 20.1 Å². The number of fused-ring (bicyclic) bond motifs is 1. The fourth-order valence-electron chi connectivity index (χ4n) is 4.69. The lowest BCUT2D eigenvalue weighted by Gasteiger charge is -2.38. The van der Waals surface area contributed by atoms with Crippen LogP contribution in [0.1, 0.15) is 47.7 Å². The van der Waals surface area contributed by atoms with Crippen LogP contribution >= 0.6 is 0 Å². The van der Waals surface area contributed by atoms with Gasteiger partial charge in [-0.3, -0.25) is 9.78 Å². The number of hydrogen-bond donors (Lipinski definition) is 0. The quantitative estimate of drug-likeness (QED) is 0.817. The molecule has 2 aromatic rings. The van der Waals surface area contributed by atoms with Gasteiger partial charge in [-0.05, 0) is 37.6 Å². The van der Waals surface area contributed by atoms with Crippen LogP contribution < -0.4 is 0 Å². The summed E-state index contributed by atoms with van der Waals surface area (Å²) in [5, 5.41) is 0. The number of benzene rings is 1. The highest BCUT2D eigenvalue weighted by Crippen LogP contribution is 2.38. The van der Waals surface area contributed by atoms with E-state index in [1.807, 2.05) is 11.0 Å². The van der Waals surface area contributed by atoms with E-state index in [2.05, 4.69) is 21.9 Å². The van der Waals surface area contributed by atoms with E-state index in [1.54, 1.807) is 24.5 Å². The lowest BCUT2D eigenvalue weighted by atomic mass is 9.86. The summed E-state index contributed by atoms with van der Waals surface area (Å²) in [6.45, 7) is 1.53. The fraction of sp³-hybridized carbons (Fsp3) is 0.476. The number of carbonyl (C=O) groups is 1. The second kappa shape index (κ2) is 7.72. The van der Waals surface area contributed by atoms with Crippen molar-refractivity contribution in [3.63, 3.8) is 0 Å². The molecule has 5 nitrogen and oxygen atoms in total. The lowest BCUT2D eigenvalue weighted by molar-refractivity contribution is 0.0580. The van der Waals surface area contributed by atoms with Crippen molar-refractivity contribution in [1.82, 2.24) is 19.8 Å². The third-order valence-electron chi connectivity index (χ3n) is 5.94. The van der Waals surface area contributed by atoms with Crippen LogP contribution in [0.3, 0.4) is 0 Å². The molecule has 2 aliphatic heterocycles. The topological polar surface area (TPSA) is 49.3 Å². The molecule has 0 saturated carbocycles. The molecule has 3 atom stereocenters. The predicted octanol–water partition coefficient (Wildman–Crippen LogP) is 3.10. The van der Waals surface area contributed by atoms with Gasteiger partial charge in [-0.2, -0.15) is 0 Å². The molecule has 0 N–H and O–H groups in total. The molecule has 142 valence electrons. The number of likely N-dealkylation sites (tertiary alicyclic amines) is 2. The first-order valence-electron chi connectivity index (χ1n) is 9.68. The number of carbonyl (C=O) groups excluding carboxylic acids is 1. The number of halogens is 1. The first-order chi connectivity index (χ1) is 13.1. The molecular weight excluding hydrogens is 343 g/mol. The van der Waals surface area contributed by atoms with Gasteiger partial charge in [0.25, 0.3) is 5.91 Å². The molecule has 0 unspecified atom stereocenters. The lowest BCUT2D eigenvalue weighted by Crippen LogP contribution is -2.50. The predicted molar refractivity (Wildman–Crippen MR) is 101 cm³/mol. The van der Waals surface area contributed by atoms with Gasteiger partial charge in [-0.25, -0.2) is 9.37 Å². The van der Waals surface area contributed by atoms with E-state index < -0.39 is 0 Å². The second-order valence-electron chi connectivity index (χ2n) is 7.60. The Kier molecular flexibility index (Phi) is 5.16. The Morgan fingerprint density at radius 3 is 2.89 bits per heavy atom. The SMILES string of the molecule is CN1C[C@@H](c2cccc(F)c2)[C@H]2[C@H]1CCCCCN2C(=O)c1cnccn1. The molecule has 6 heteroatoms. The van der Waals surface area contributed by atoms with E-state index >= 15 is 0 Å². The number of rotatable bonds is 2. The van der Waals surface area contributed by atoms with Crippen molar-refractivity contribution < 1.29 is 9.18 Å². The summed E-state index contributed by atoms with van der Waals surface area (Å²) in [5.74, 6) is -0.206. The van der Waals surface area contributed by atoms with Gasteiger partial charge in [0.1, 0.15) is 11.5 Å². The Morgan fingerprint density at radius 1 is 1.22 bits per heavy atom. The van der Waals surface area contributed by atoms with Crippen LogP contribution in [0.5, 0.6) is 0 Å². The summed E-state index contributed by atoms with van der Waals surface area (Å²) in [5.41, 5.74) is 1.34. The first-order valence-corrected chi connectivity index (χ1v) is 9.68. The van der Waals surface area contributed by atoms with E-state index in [9.17, 15) is 9.18 Å². The highest BCUT2D eigenvalue weighted by Gasteiger charge is 2.45. The van der Waals surface area contributed by atoms with E-state index in [0.717, 1.165) is 37.8 Å². The minimum Gasteiger partial charge on any atom is -0.332 e. The Hall–Kier alpha value is -2.34. The monoisotopic (exact) mass is 368 g/mol. The molecule has 2 fully saturated rings. The molecule has 1 aromatic heterocycles.